The van der Waals surface area contributed by atoms with Crippen molar-refractivity contribution in [3.05, 3.63) is 22.2 Å². The minimum Gasteiger partial charge on any atom is -0.109 e. The van der Waals surface area contributed by atoms with Crippen molar-refractivity contribution < 1.29 is 0 Å². The molecular weight excluding hydrogens is 369 g/mol. The Kier molecular flexibility index (Phi) is 3.67. The number of fused-ring (bicyclic) bond motifs is 5. The van der Waals surface area contributed by atoms with Crippen molar-refractivity contribution in [2.24, 2.45) is 11.8 Å². The van der Waals surface area contributed by atoms with E-state index in [0.717, 1.165) is 25.7 Å². The van der Waals surface area contributed by atoms with Gasteiger partial charge in [0.2, 0.25) is 0 Å². The lowest BCUT2D eigenvalue weighted by Crippen LogP contribution is -2.44. The number of alkyl halides is 4. The Balaban J connectivity index is 2.23. The van der Waals surface area contributed by atoms with E-state index in [1.165, 1.54) is 0 Å². The standard InChI is InChI=1S/C13H12Cl6/c14-9-10(15)12(17)8-6-4-2-1-3-5-7(8)11(9,16)13(12,18)19/h3,5,7-8H,1-2,4,6H2/t7-,8+,11-,12+/m0/s1. The minimum absolute atomic E-state index is 0.00761. The zero-order valence-corrected chi connectivity index (χ0v) is 14.4. The maximum Gasteiger partial charge on any atom is 0.167 e. The predicted octanol–water partition coefficient (Wildman–Crippen LogP) is 6.19. The van der Waals surface area contributed by atoms with E-state index in [2.05, 4.69) is 12.2 Å². The van der Waals surface area contributed by atoms with Gasteiger partial charge in [0.05, 0.1) is 10.1 Å². The van der Waals surface area contributed by atoms with Crippen molar-refractivity contribution in [1.82, 2.24) is 0 Å². The SMILES string of the molecule is ClC1=C(Cl)[C@]2(Cl)[C@@H]3CCCCC=C[C@@H]3[C@@]1(Cl)C2(Cl)Cl. The Labute approximate surface area is 143 Å². The molecule has 1 fully saturated rings. The molecule has 3 aliphatic carbocycles. The van der Waals surface area contributed by atoms with Gasteiger partial charge in [-0.1, -0.05) is 65.0 Å². The van der Waals surface area contributed by atoms with Gasteiger partial charge in [-0.05, 0) is 25.2 Å². The third-order valence-electron chi connectivity index (χ3n) is 4.63. The van der Waals surface area contributed by atoms with Gasteiger partial charge < -0.3 is 0 Å². The molecule has 0 N–H and O–H groups in total. The summed E-state index contributed by atoms with van der Waals surface area (Å²) in [5.74, 6) is -0.0785. The summed E-state index contributed by atoms with van der Waals surface area (Å²) in [6.45, 7) is 0. The zero-order valence-electron chi connectivity index (χ0n) is 9.91. The van der Waals surface area contributed by atoms with E-state index < -0.39 is 14.1 Å². The Bertz CT molecular complexity index is 482. The van der Waals surface area contributed by atoms with Crippen LogP contribution in [0.5, 0.6) is 0 Å². The van der Waals surface area contributed by atoms with Crippen LogP contribution in [-0.4, -0.2) is 14.1 Å². The van der Waals surface area contributed by atoms with Crippen molar-refractivity contribution >= 4 is 69.6 Å². The highest BCUT2D eigenvalue weighted by Crippen LogP contribution is 2.77. The molecule has 2 bridgehead atoms. The molecule has 0 spiro atoms. The summed E-state index contributed by atoms with van der Waals surface area (Å²) in [6.07, 6.45) is 8.27. The van der Waals surface area contributed by atoms with Gasteiger partial charge in [-0.15, -0.1) is 23.2 Å². The molecule has 0 aromatic carbocycles. The first-order valence-corrected chi connectivity index (χ1v) is 8.55. The average molecular weight is 381 g/mol. The smallest absolute Gasteiger partial charge is 0.109 e. The first-order valence-electron chi connectivity index (χ1n) is 6.28. The lowest BCUT2D eigenvalue weighted by Gasteiger charge is -2.36. The molecule has 0 aromatic rings. The zero-order chi connectivity index (χ0) is 14.1. The number of rotatable bonds is 0. The van der Waals surface area contributed by atoms with Gasteiger partial charge in [0.25, 0.3) is 0 Å². The summed E-state index contributed by atoms with van der Waals surface area (Å²) in [7, 11) is 0. The van der Waals surface area contributed by atoms with Crippen LogP contribution in [0.15, 0.2) is 22.2 Å². The molecule has 0 heterocycles. The molecule has 0 aliphatic heterocycles. The maximum absolute atomic E-state index is 6.77. The van der Waals surface area contributed by atoms with Crippen LogP contribution in [0.3, 0.4) is 0 Å². The summed E-state index contributed by atoms with van der Waals surface area (Å²) >= 11 is 39.2. The Hall–Kier alpha value is 1.22. The van der Waals surface area contributed by atoms with Crippen molar-refractivity contribution in [2.45, 2.75) is 39.8 Å². The number of allylic oxidation sites excluding steroid dienone is 4. The van der Waals surface area contributed by atoms with Crippen LogP contribution in [-0.2, 0) is 0 Å². The number of hydrogen-bond acceptors (Lipinski definition) is 0. The second-order valence-corrected chi connectivity index (χ2v) is 8.75. The highest BCUT2D eigenvalue weighted by molar-refractivity contribution is 6.65. The fourth-order valence-electron chi connectivity index (χ4n) is 3.65. The van der Waals surface area contributed by atoms with E-state index in [4.69, 9.17) is 69.6 Å². The van der Waals surface area contributed by atoms with E-state index in [0.29, 0.717) is 10.1 Å². The molecule has 0 radical (unpaired) electrons. The highest BCUT2D eigenvalue weighted by atomic mass is 35.5. The lowest BCUT2D eigenvalue weighted by molar-refractivity contribution is 0.343. The predicted molar refractivity (Wildman–Crippen MR) is 84.9 cm³/mol. The second-order valence-electron chi connectivity index (χ2n) is 5.47. The molecule has 6 heteroatoms. The summed E-state index contributed by atoms with van der Waals surface area (Å²) < 4.78 is -1.40. The van der Waals surface area contributed by atoms with Crippen LogP contribution in [0.1, 0.15) is 25.7 Å². The number of halogens is 6. The molecule has 0 unspecified atom stereocenters. The molecule has 0 nitrogen and oxygen atoms in total. The van der Waals surface area contributed by atoms with Crippen molar-refractivity contribution in [2.75, 3.05) is 0 Å². The first kappa shape index (κ1) is 15.1. The summed E-state index contributed by atoms with van der Waals surface area (Å²) in [5.41, 5.74) is 0. The quantitative estimate of drug-likeness (QED) is 0.347. The summed E-state index contributed by atoms with van der Waals surface area (Å²) in [4.78, 5) is -2.22. The van der Waals surface area contributed by atoms with E-state index in [1.807, 2.05) is 0 Å². The molecule has 19 heavy (non-hydrogen) atoms. The van der Waals surface area contributed by atoms with Gasteiger partial charge in [0.15, 0.2) is 4.33 Å². The summed E-state index contributed by atoms with van der Waals surface area (Å²) in [5, 5.41) is 0.605. The molecule has 3 aliphatic rings. The van der Waals surface area contributed by atoms with Gasteiger partial charge in [0.1, 0.15) is 9.75 Å². The van der Waals surface area contributed by atoms with E-state index >= 15 is 0 Å². The lowest BCUT2D eigenvalue weighted by atomic mass is 9.77. The molecule has 0 aromatic heterocycles. The third kappa shape index (κ3) is 1.57. The van der Waals surface area contributed by atoms with Crippen molar-refractivity contribution in [1.29, 1.82) is 0 Å². The van der Waals surface area contributed by atoms with Gasteiger partial charge >= 0.3 is 0 Å². The van der Waals surface area contributed by atoms with Crippen LogP contribution in [0.2, 0.25) is 0 Å². The molecule has 4 atom stereocenters. The maximum atomic E-state index is 6.77. The second kappa shape index (κ2) is 4.61. The number of hydrogen-bond donors (Lipinski definition) is 0. The fourth-order valence-corrected chi connectivity index (χ4v) is 6.70. The Morgan fingerprint density at radius 1 is 0.947 bits per heavy atom. The Morgan fingerprint density at radius 2 is 1.58 bits per heavy atom. The molecule has 3 rings (SSSR count). The highest BCUT2D eigenvalue weighted by Gasteiger charge is 2.81. The van der Waals surface area contributed by atoms with E-state index in [-0.39, 0.29) is 11.8 Å². The van der Waals surface area contributed by atoms with Crippen LogP contribution in [0.25, 0.3) is 0 Å². The average Bonchev–Trinajstić information content (AvgIpc) is 2.50. The fraction of sp³-hybridized carbons (Fsp3) is 0.692. The minimum atomic E-state index is -1.40. The third-order valence-corrected chi connectivity index (χ3v) is 8.95. The molecule has 0 saturated heterocycles. The van der Waals surface area contributed by atoms with Gasteiger partial charge in [-0.3, -0.25) is 0 Å². The molecule has 1 saturated carbocycles. The van der Waals surface area contributed by atoms with E-state index in [9.17, 15) is 0 Å². The van der Waals surface area contributed by atoms with Crippen molar-refractivity contribution in [3.63, 3.8) is 0 Å². The van der Waals surface area contributed by atoms with Gasteiger partial charge in [0, 0.05) is 5.92 Å². The van der Waals surface area contributed by atoms with Crippen LogP contribution in [0.4, 0.5) is 0 Å². The van der Waals surface area contributed by atoms with E-state index in [1.54, 1.807) is 0 Å². The van der Waals surface area contributed by atoms with Crippen LogP contribution < -0.4 is 0 Å². The normalized spacial score (nSPS) is 48.1. The molecule has 106 valence electrons. The largest absolute Gasteiger partial charge is 0.167 e. The van der Waals surface area contributed by atoms with Crippen LogP contribution >= 0.6 is 69.6 Å². The molecule has 0 amide bonds. The monoisotopic (exact) mass is 378 g/mol. The Morgan fingerprint density at radius 3 is 2.26 bits per heavy atom. The van der Waals surface area contributed by atoms with Gasteiger partial charge in [-0.2, -0.15) is 0 Å². The van der Waals surface area contributed by atoms with Crippen molar-refractivity contribution in [3.8, 4) is 0 Å². The first-order chi connectivity index (χ1) is 8.79. The van der Waals surface area contributed by atoms with Gasteiger partial charge in [-0.25, -0.2) is 0 Å². The summed E-state index contributed by atoms with van der Waals surface area (Å²) in [6, 6.07) is 0. The molecular formula is C13H12Cl6. The topological polar surface area (TPSA) is 0 Å². The van der Waals surface area contributed by atoms with Crippen LogP contribution in [0, 0.1) is 11.8 Å².